The SMILES string of the molecule is CCN(CC)[Si](C)(C)N([Si]C)[Si]C. The van der Waals surface area contributed by atoms with Crippen molar-refractivity contribution in [2.45, 2.75) is 40.0 Å². The van der Waals surface area contributed by atoms with Gasteiger partial charge in [0, 0.05) is 0 Å². The molecule has 0 atom stereocenters. The van der Waals surface area contributed by atoms with Crippen molar-refractivity contribution in [3.8, 4) is 0 Å². The first kappa shape index (κ1) is 13.6. The maximum Gasteiger partial charge on any atom is 0.186 e. The second-order valence-electron chi connectivity index (χ2n) is 3.45. The van der Waals surface area contributed by atoms with E-state index in [2.05, 4.69) is 48.5 Å². The summed E-state index contributed by atoms with van der Waals surface area (Å²) in [5.41, 5.74) is 0. The molecule has 0 aliphatic rings. The Morgan fingerprint density at radius 2 is 1.38 bits per heavy atom. The van der Waals surface area contributed by atoms with Gasteiger partial charge in [0.15, 0.2) is 8.40 Å². The average Bonchev–Trinajstić information content (AvgIpc) is 2.07. The van der Waals surface area contributed by atoms with Crippen LogP contribution < -0.4 is 0 Å². The second kappa shape index (κ2) is 6.13. The molecule has 0 saturated carbocycles. The summed E-state index contributed by atoms with van der Waals surface area (Å²) < 4.78 is 5.35. The van der Waals surface area contributed by atoms with E-state index in [9.17, 15) is 0 Å². The zero-order valence-corrected chi connectivity index (χ0v) is 12.8. The Morgan fingerprint density at radius 1 is 1.00 bits per heavy atom. The molecule has 2 nitrogen and oxygen atoms in total. The Labute approximate surface area is 89.7 Å². The highest BCUT2D eigenvalue weighted by molar-refractivity contribution is 6.84. The zero-order chi connectivity index (χ0) is 10.5. The Balaban J connectivity index is 4.48. The van der Waals surface area contributed by atoms with Gasteiger partial charge in [0.1, 0.15) is 19.4 Å². The summed E-state index contributed by atoms with van der Waals surface area (Å²) in [4.78, 5) is 0. The topological polar surface area (TPSA) is 6.48 Å². The van der Waals surface area contributed by atoms with Crippen LogP contribution in [0.25, 0.3) is 0 Å². The van der Waals surface area contributed by atoms with Gasteiger partial charge in [-0.1, -0.05) is 26.9 Å². The summed E-state index contributed by atoms with van der Waals surface area (Å²) in [7, 11) is 0.659. The van der Waals surface area contributed by atoms with Crippen molar-refractivity contribution in [3.05, 3.63) is 0 Å². The van der Waals surface area contributed by atoms with Gasteiger partial charge in [0.2, 0.25) is 0 Å². The van der Waals surface area contributed by atoms with Gasteiger partial charge in [0.05, 0.1) is 0 Å². The van der Waals surface area contributed by atoms with Crippen molar-refractivity contribution in [3.63, 3.8) is 0 Å². The third-order valence-corrected chi connectivity index (χ3v) is 12.7. The highest BCUT2D eigenvalue weighted by Crippen LogP contribution is 2.13. The van der Waals surface area contributed by atoms with Crippen LogP contribution in [0.1, 0.15) is 13.8 Å². The molecule has 0 aromatic carbocycles. The van der Waals surface area contributed by atoms with Gasteiger partial charge >= 0.3 is 0 Å². The lowest BCUT2D eigenvalue weighted by Crippen LogP contribution is -2.63. The van der Waals surface area contributed by atoms with E-state index in [0.29, 0.717) is 0 Å². The number of nitrogens with zero attached hydrogens (tertiary/aromatic N) is 2. The first-order valence-corrected chi connectivity index (χ1v) is 10.7. The quantitative estimate of drug-likeness (QED) is 0.641. The van der Waals surface area contributed by atoms with Crippen LogP contribution in [0.3, 0.4) is 0 Å². The standard InChI is InChI=1S/C8H22N2Si3/c1-7-9(8-2)13(5,6)10(11-3)12-4/h7-8H2,1-6H3. The van der Waals surface area contributed by atoms with Crippen molar-refractivity contribution in [1.29, 1.82) is 0 Å². The van der Waals surface area contributed by atoms with Crippen LogP contribution in [0.15, 0.2) is 0 Å². The molecule has 0 aromatic heterocycles. The van der Waals surface area contributed by atoms with Gasteiger partial charge in [-0.25, -0.2) is 0 Å². The van der Waals surface area contributed by atoms with Crippen molar-refractivity contribution < 1.29 is 0 Å². The van der Waals surface area contributed by atoms with Crippen LogP contribution in [0.2, 0.25) is 26.2 Å². The van der Waals surface area contributed by atoms with Gasteiger partial charge in [-0.2, -0.15) is 0 Å². The average molecular weight is 231 g/mol. The van der Waals surface area contributed by atoms with Crippen LogP contribution in [0.4, 0.5) is 0 Å². The highest BCUT2D eigenvalue weighted by atomic mass is 28.4. The van der Waals surface area contributed by atoms with Crippen LogP contribution in [0, 0.1) is 0 Å². The van der Waals surface area contributed by atoms with Gasteiger partial charge in [-0.05, 0) is 26.2 Å². The molecule has 0 aliphatic carbocycles. The van der Waals surface area contributed by atoms with Gasteiger partial charge in [0.25, 0.3) is 0 Å². The minimum Gasteiger partial charge on any atom is -0.360 e. The molecule has 0 bridgehead atoms. The Morgan fingerprint density at radius 3 is 1.62 bits per heavy atom. The summed E-state index contributed by atoms with van der Waals surface area (Å²) in [6, 6.07) is 0. The molecule has 0 rings (SSSR count). The first-order chi connectivity index (χ1) is 6.04. The molecule has 0 heterocycles. The normalized spacial score (nSPS) is 12.9. The van der Waals surface area contributed by atoms with Crippen molar-refractivity contribution in [2.24, 2.45) is 0 Å². The molecule has 4 radical (unpaired) electrons. The highest BCUT2D eigenvalue weighted by Gasteiger charge is 2.32. The lowest BCUT2D eigenvalue weighted by Gasteiger charge is -2.43. The van der Waals surface area contributed by atoms with E-state index in [1.807, 2.05) is 0 Å². The van der Waals surface area contributed by atoms with E-state index in [4.69, 9.17) is 0 Å². The lowest BCUT2D eigenvalue weighted by molar-refractivity contribution is 0.447. The molecule has 0 aliphatic heterocycles. The molecule has 0 amide bonds. The van der Waals surface area contributed by atoms with E-state index in [0.717, 1.165) is 19.4 Å². The molecular weight excluding hydrogens is 208 g/mol. The van der Waals surface area contributed by atoms with Crippen LogP contribution >= 0.6 is 0 Å². The number of rotatable bonds is 6. The minimum atomic E-state index is -1.27. The fourth-order valence-electron chi connectivity index (χ4n) is 1.80. The first-order valence-electron chi connectivity index (χ1n) is 4.94. The summed E-state index contributed by atoms with van der Waals surface area (Å²) in [5.74, 6) is 0. The smallest absolute Gasteiger partial charge is 0.186 e. The van der Waals surface area contributed by atoms with E-state index in [1.165, 1.54) is 13.1 Å². The summed E-state index contributed by atoms with van der Waals surface area (Å²) in [6.07, 6.45) is 0. The van der Waals surface area contributed by atoms with E-state index in [1.54, 1.807) is 0 Å². The van der Waals surface area contributed by atoms with Crippen LogP contribution in [-0.2, 0) is 0 Å². The molecule has 0 unspecified atom stereocenters. The maximum atomic E-state index is 2.69. The second-order valence-corrected chi connectivity index (χ2v) is 10.6. The Hall–Kier alpha value is 0.571. The largest absolute Gasteiger partial charge is 0.360 e. The predicted octanol–water partition coefficient (Wildman–Crippen LogP) is 1.67. The monoisotopic (exact) mass is 230 g/mol. The number of hydrogen-bond acceptors (Lipinski definition) is 2. The molecule has 0 N–H and O–H groups in total. The Bertz CT molecular complexity index is 119. The predicted molar refractivity (Wildman–Crippen MR) is 65.5 cm³/mol. The van der Waals surface area contributed by atoms with Gasteiger partial charge < -0.3 is 8.46 Å². The van der Waals surface area contributed by atoms with Crippen LogP contribution in [0.5, 0.6) is 0 Å². The van der Waals surface area contributed by atoms with Crippen molar-refractivity contribution in [1.82, 2.24) is 8.46 Å². The van der Waals surface area contributed by atoms with Gasteiger partial charge in [-0.15, -0.1) is 0 Å². The minimum absolute atomic E-state index is 0.965. The zero-order valence-electron chi connectivity index (χ0n) is 9.81. The molecule has 0 aromatic rings. The molecule has 0 fully saturated rings. The van der Waals surface area contributed by atoms with E-state index in [-0.39, 0.29) is 0 Å². The van der Waals surface area contributed by atoms with E-state index >= 15 is 0 Å². The summed E-state index contributed by atoms with van der Waals surface area (Å²) in [5, 5.41) is 0. The maximum absolute atomic E-state index is 2.69. The summed E-state index contributed by atoms with van der Waals surface area (Å²) >= 11 is 0. The third-order valence-electron chi connectivity index (χ3n) is 2.53. The number of hydrogen-bond donors (Lipinski definition) is 0. The van der Waals surface area contributed by atoms with E-state index < -0.39 is 8.40 Å². The van der Waals surface area contributed by atoms with Crippen molar-refractivity contribution >= 4 is 27.8 Å². The third kappa shape index (κ3) is 3.32. The summed E-state index contributed by atoms with van der Waals surface area (Å²) in [6.45, 7) is 16.5. The van der Waals surface area contributed by atoms with Gasteiger partial charge in [-0.3, -0.25) is 0 Å². The molecule has 0 saturated heterocycles. The van der Waals surface area contributed by atoms with Crippen molar-refractivity contribution in [2.75, 3.05) is 13.1 Å². The van der Waals surface area contributed by atoms with Crippen LogP contribution in [-0.4, -0.2) is 49.3 Å². The lowest BCUT2D eigenvalue weighted by atomic mass is 10.7. The fourth-order valence-corrected chi connectivity index (χ4v) is 9.75. The molecule has 5 heteroatoms. The molecule has 13 heavy (non-hydrogen) atoms. The molecular formula is C8H22N2Si3. The molecule has 76 valence electrons. The fraction of sp³-hybridized carbons (Fsp3) is 1.00. The Kier molecular flexibility index (Phi) is 6.40. The molecule has 0 spiro atoms.